The average molecular weight is 220 g/mol. The molecule has 1 fully saturated rings. The molecule has 0 bridgehead atoms. The molecule has 2 rings (SSSR count). The lowest BCUT2D eigenvalue weighted by atomic mass is 9.90. The van der Waals surface area contributed by atoms with E-state index in [-0.39, 0.29) is 6.04 Å². The van der Waals surface area contributed by atoms with Crippen LogP contribution >= 0.6 is 0 Å². The fraction of sp³-hybridized carbons (Fsp3) is 0.615. The number of ether oxygens (including phenoxy) is 1. The van der Waals surface area contributed by atoms with E-state index in [9.17, 15) is 0 Å². The molecule has 1 unspecified atom stereocenters. The van der Waals surface area contributed by atoms with E-state index in [1.54, 1.807) is 0 Å². The molecule has 0 aliphatic carbocycles. The molecule has 0 saturated carbocycles. The van der Waals surface area contributed by atoms with Gasteiger partial charge in [-0.05, 0) is 43.7 Å². The number of hydrogen-bond acceptors (Lipinski definition) is 3. The molecule has 1 aromatic rings. The van der Waals surface area contributed by atoms with Crippen molar-refractivity contribution >= 4 is 0 Å². The first-order valence-corrected chi connectivity index (χ1v) is 6.01. The summed E-state index contributed by atoms with van der Waals surface area (Å²) >= 11 is 0. The second kappa shape index (κ2) is 5.41. The summed E-state index contributed by atoms with van der Waals surface area (Å²) in [4.78, 5) is 4.29. The molecular weight excluding hydrogens is 200 g/mol. The van der Waals surface area contributed by atoms with Gasteiger partial charge >= 0.3 is 0 Å². The van der Waals surface area contributed by atoms with Crippen LogP contribution in [0.4, 0.5) is 0 Å². The molecule has 0 radical (unpaired) electrons. The smallest absolute Gasteiger partial charge is 0.0468 e. The largest absolute Gasteiger partial charge is 0.381 e. The summed E-state index contributed by atoms with van der Waals surface area (Å²) in [7, 11) is 0. The molecule has 1 aliphatic rings. The highest BCUT2D eigenvalue weighted by Gasteiger charge is 2.18. The molecule has 88 valence electrons. The van der Waals surface area contributed by atoms with Gasteiger partial charge in [-0.25, -0.2) is 0 Å². The van der Waals surface area contributed by atoms with E-state index in [1.165, 1.54) is 0 Å². The Bertz CT molecular complexity index is 317. The second-order valence-electron chi connectivity index (χ2n) is 4.63. The van der Waals surface area contributed by atoms with Crippen molar-refractivity contribution in [1.29, 1.82) is 0 Å². The van der Waals surface area contributed by atoms with Gasteiger partial charge in [-0.1, -0.05) is 6.07 Å². The van der Waals surface area contributed by atoms with Gasteiger partial charge in [-0.2, -0.15) is 0 Å². The van der Waals surface area contributed by atoms with Gasteiger partial charge in [0.15, 0.2) is 0 Å². The highest BCUT2D eigenvalue weighted by Crippen LogP contribution is 2.25. The quantitative estimate of drug-likeness (QED) is 0.849. The highest BCUT2D eigenvalue weighted by molar-refractivity contribution is 5.16. The number of nitrogens with two attached hydrogens (primary N) is 1. The third-order valence-electron chi connectivity index (χ3n) is 3.29. The van der Waals surface area contributed by atoms with Crippen molar-refractivity contribution in [3.8, 4) is 0 Å². The third kappa shape index (κ3) is 3.03. The maximum atomic E-state index is 6.20. The van der Waals surface area contributed by atoms with Crippen LogP contribution in [0.25, 0.3) is 0 Å². The minimum Gasteiger partial charge on any atom is -0.381 e. The summed E-state index contributed by atoms with van der Waals surface area (Å²) in [5.41, 5.74) is 8.39. The van der Waals surface area contributed by atoms with Crippen LogP contribution in [0.2, 0.25) is 0 Å². The molecule has 1 aromatic heterocycles. The number of pyridine rings is 1. The monoisotopic (exact) mass is 220 g/mol. The lowest BCUT2D eigenvalue weighted by molar-refractivity contribution is 0.0618. The van der Waals surface area contributed by atoms with Gasteiger partial charge in [0.2, 0.25) is 0 Å². The Labute approximate surface area is 97.0 Å². The molecular formula is C13H20N2O. The first-order valence-electron chi connectivity index (χ1n) is 6.01. The van der Waals surface area contributed by atoms with Crippen molar-refractivity contribution in [3.05, 3.63) is 29.6 Å². The number of aromatic nitrogens is 1. The van der Waals surface area contributed by atoms with Crippen molar-refractivity contribution in [2.45, 2.75) is 32.2 Å². The Balaban J connectivity index is 1.91. The molecule has 3 nitrogen and oxygen atoms in total. The average Bonchev–Trinajstić information content (AvgIpc) is 2.31. The zero-order valence-corrected chi connectivity index (χ0v) is 9.86. The molecule has 0 aromatic carbocycles. The number of hydrogen-bond donors (Lipinski definition) is 1. The van der Waals surface area contributed by atoms with Gasteiger partial charge < -0.3 is 10.5 Å². The van der Waals surface area contributed by atoms with Crippen molar-refractivity contribution in [2.75, 3.05) is 13.2 Å². The number of nitrogens with zero attached hydrogens (tertiary/aromatic N) is 1. The predicted molar refractivity (Wildman–Crippen MR) is 64.1 cm³/mol. The van der Waals surface area contributed by atoms with Crippen LogP contribution in [0.1, 0.15) is 36.6 Å². The highest BCUT2D eigenvalue weighted by atomic mass is 16.5. The van der Waals surface area contributed by atoms with Crippen molar-refractivity contribution in [3.63, 3.8) is 0 Å². The standard InChI is InChI=1S/C13H20N2O/c1-10-2-3-12(9-15-10)13(14)8-11-4-6-16-7-5-11/h2-3,9,11,13H,4-8,14H2,1H3. The van der Waals surface area contributed by atoms with E-state index < -0.39 is 0 Å². The van der Waals surface area contributed by atoms with Crippen LogP contribution in [0.5, 0.6) is 0 Å². The van der Waals surface area contributed by atoms with Crippen molar-refractivity contribution < 1.29 is 4.74 Å². The fourth-order valence-electron chi connectivity index (χ4n) is 2.18. The zero-order chi connectivity index (χ0) is 11.4. The number of rotatable bonds is 3. The van der Waals surface area contributed by atoms with Crippen LogP contribution in [0, 0.1) is 12.8 Å². The van der Waals surface area contributed by atoms with Crippen LogP contribution in [0.3, 0.4) is 0 Å². The molecule has 1 aliphatic heterocycles. The van der Waals surface area contributed by atoms with Crippen LogP contribution < -0.4 is 5.73 Å². The molecule has 16 heavy (non-hydrogen) atoms. The fourth-order valence-corrected chi connectivity index (χ4v) is 2.18. The van der Waals surface area contributed by atoms with E-state index in [4.69, 9.17) is 10.5 Å². The lowest BCUT2D eigenvalue weighted by Crippen LogP contribution is -2.21. The third-order valence-corrected chi connectivity index (χ3v) is 3.29. The molecule has 3 heteroatoms. The summed E-state index contributed by atoms with van der Waals surface area (Å²) < 4.78 is 5.35. The zero-order valence-electron chi connectivity index (χ0n) is 9.86. The first-order chi connectivity index (χ1) is 7.75. The minimum atomic E-state index is 0.121. The van der Waals surface area contributed by atoms with Gasteiger partial charge in [0.05, 0.1) is 0 Å². The second-order valence-corrected chi connectivity index (χ2v) is 4.63. The SMILES string of the molecule is Cc1ccc(C(N)CC2CCOCC2)cn1. The molecule has 0 amide bonds. The Morgan fingerprint density at radius 1 is 1.44 bits per heavy atom. The van der Waals surface area contributed by atoms with Crippen LogP contribution in [-0.2, 0) is 4.74 Å². The number of aryl methyl sites for hydroxylation is 1. The Morgan fingerprint density at radius 3 is 2.81 bits per heavy atom. The van der Waals surface area contributed by atoms with Gasteiger partial charge in [-0.3, -0.25) is 4.98 Å². The lowest BCUT2D eigenvalue weighted by Gasteiger charge is -2.24. The summed E-state index contributed by atoms with van der Waals surface area (Å²) in [5.74, 6) is 0.713. The molecule has 1 saturated heterocycles. The Hall–Kier alpha value is -0.930. The predicted octanol–water partition coefficient (Wildman–Crippen LogP) is 2.21. The van der Waals surface area contributed by atoms with Gasteiger partial charge in [-0.15, -0.1) is 0 Å². The van der Waals surface area contributed by atoms with Gasteiger partial charge in [0.1, 0.15) is 0 Å². The van der Waals surface area contributed by atoms with Gasteiger partial charge in [0.25, 0.3) is 0 Å². The van der Waals surface area contributed by atoms with E-state index in [1.807, 2.05) is 19.2 Å². The van der Waals surface area contributed by atoms with Crippen molar-refractivity contribution in [1.82, 2.24) is 4.98 Å². The minimum absolute atomic E-state index is 0.121. The molecule has 2 heterocycles. The Morgan fingerprint density at radius 2 is 2.19 bits per heavy atom. The maximum absolute atomic E-state index is 6.20. The van der Waals surface area contributed by atoms with Gasteiger partial charge in [0, 0.05) is 31.1 Å². The maximum Gasteiger partial charge on any atom is 0.0468 e. The van der Waals surface area contributed by atoms with E-state index in [2.05, 4.69) is 11.1 Å². The van der Waals surface area contributed by atoms with Crippen molar-refractivity contribution in [2.24, 2.45) is 11.7 Å². The molecule has 0 spiro atoms. The van der Waals surface area contributed by atoms with E-state index in [0.717, 1.165) is 43.7 Å². The summed E-state index contributed by atoms with van der Waals surface area (Å²) in [6.07, 6.45) is 5.24. The summed E-state index contributed by atoms with van der Waals surface area (Å²) in [5, 5.41) is 0. The van der Waals surface area contributed by atoms with Crippen LogP contribution in [-0.4, -0.2) is 18.2 Å². The molecule has 1 atom stereocenters. The molecule has 2 N–H and O–H groups in total. The summed E-state index contributed by atoms with van der Waals surface area (Å²) in [6.45, 7) is 3.78. The topological polar surface area (TPSA) is 48.1 Å². The first kappa shape index (κ1) is 11.6. The van der Waals surface area contributed by atoms with Crippen LogP contribution in [0.15, 0.2) is 18.3 Å². The normalized spacial score (nSPS) is 19.6. The Kier molecular flexibility index (Phi) is 3.91. The van der Waals surface area contributed by atoms with E-state index in [0.29, 0.717) is 5.92 Å². The van der Waals surface area contributed by atoms with E-state index >= 15 is 0 Å². The summed E-state index contributed by atoms with van der Waals surface area (Å²) in [6, 6.07) is 4.24.